The molecule has 0 amide bonds. The van der Waals surface area contributed by atoms with Crippen molar-refractivity contribution >= 4 is 21.6 Å². The van der Waals surface area contributed by atoms with Crippen LogP contribution in [0.2, 0.25) is 0 Å². The molecule has 0 heterocycles. The van der Waals surface area contributed by atoms with Crippen molar-refractivity contribution in [2.24, 2.45) is 5.92 Å². The van der Waals surface area contributed by atoms with Crippen molar-refractivity contribution in [1.29, 1.82) is 5.26 Å². The molecule has 0 aliphatic heterocycles. The van der Waals surface area contributed by atoms with Crippen molar-refractivity contribution in [2.75, 3.05) is 38.6 Å². The van der Waals surface area contributed by atoms with Crippen molar-refractivity contribution in [2.45, 2.75) is 13.8 Å². The first-order valence-electron chi connectivity index (χ1n) is 6.52. The van der Waals surface area contributed by atoms with Crippen LogP contribution in [0.15, 0.2) is 22.7 Å². The second-order valence-corrected chi connectivity index (χ2v) is 6.37. The highest BCUT2D eigenvalue weighted by molar-refractivity contribution is 9.10. The quantitative estimate of drug-likeness (QED) is 0.804. The Morgan fingerprint density at radius 2 is 1.89 bits per heavy atom. The molecule has 0 bridgehead atoms. The lowest BCUT2D eigenvalue weighted by Crippen LogP contribution is -2.34. The van der Waals surface area contributed by atoms with Gasteiger partial charge in [0.05, 0.1) is 11.6 Å². The lowest BCUT2D eigenvalue weighted by molar-refractivity contribution is 0.409. The topological polar surface area (TPSA) is 30.3 Å². The van der Waals surface area contributed by atoms with E-state index in [1.165, 1.54) is 0 Å². The van der Waals surface area contributed by atoms with Crippen molar-refractivity contribution in [3.63, 3.8) is 0 Å². The minimum atomic E-state index is 0.590. The number of likely N-dealkylation sites (N-methyl/N-ethyl adjacent to an activating group) is 1. The fourth-order valence-electron chi connectivity index (χ4n) is 1.91. The van der Waals surface area contributed by atoms with Gasteiger partial charge in [0.1, 0.15) is 0 Å². The average molecular weight is 324 g/mol. The van der Waals surface area contributed by atoms with E-state index in [-0.39, 0.29) is 0 Å². The third kappa shape index (κ3) is 5.63. The molecule has 0 saturated heterocycles. The van der Waals surface area contributed by atoms with Gasteiger partial charge in [-0.1, -0.05) is 29.8 Å². The van der Waals surface area contributed by atoms with Crippen LogP contribution in [0.3, 0.4) is 0 Å². The highest BCUT2D eigenvalue weighted by Crippen LogP contribution is 2.23. The molecule has 1 rings (SSSR count). The van der Waals surface area contributed by atoms with Crippen LogP contribution in [-0.4, -0.2) is 38.6 Å². The summed E-state index contributed by atoms with van der Waals surface area (Å²) in [6.07, 6.45) is 0. The van der Waals surface area contributed by atoms with Crippen LogP contribution < -0.4 is 4.90 Å². The van der Waals surface area contributed by atoms with Crippen LogP contribution in [0.1, 0.15) is 19.4 Å². The maximum absolute atomic E-state index is 9.07. The molecular formula is C15H22BrN3. The van der Waals surface area contributed by atoms with E-state index in [0.29, 0.717) is 11.5 Å². The molecule has 19 heavy (non-hydrogen) atoms. The lowest BCUT2D eigenvalue weighted by Gasteiger charge is -2.28. The predicted octanol–water partition coefficient (Wildman–Crippen LogP) is 3.34. The first-order valence-corrected chi connectivity index (χ1v) is 7.32. The largest absolute Gasteiger partial charge is 0.370 e. The lowest BCUT2D eigenvalue weighted by atomic mass is 10.1. The van der Waals surface area contributed by atoms with Gasteiger partial charge in [0.25, 0.3) is 0 Å². The fourth-order valence-corrected chi connectivity index (χ4v) is 2.39. The molecule has 104 valence electrons. The molecule has 0 N–H and O–H groups in total. The van der Waals surface area contributed by atoms with Crippen LogP contribution in [0, 0.1) is 17.2 Å². The molecule has 0 aliphatic rings. The highest BCUT2D eigenvalue weighted by atomic mass is 79.9. The Morgan fingerprint density at radius 1 is 1.21 bits per heavy atom. The van der Waals surface area contributed by atoms with E-state index >= 15 is 0 Å². The van der Waals surface area contributed by atoms with Gasteiger partial charge >= 0.3 is 0 Å². The summed E-state index contributed by atoms with van der Waals surface area (Å²) in [5, 5.41) is 9.07. The third-order valence-electron chi connectivity index (χ3n) is 2.78. The number of halogens is 1. The van der Waals surface area contributed by atoms with Gasteiger partial charge < -0.3 is 9.80 Å². The summed E-state index contributed by atoms with van der Waals surface area (Å²) in [5.41, 5.74) is 1.81. The van der Waals surface area contributed by atoms with Crippen molar-refractivity contribution in [3.8, 4) is 6.07 Å². The van der Waals surface area contributed by atoms with Gasteiger partial charge in [0.15, 0.2) is 0 Å². The number of anilines is 1. The zero-order valence-corrected chi connectivity index (χ0v) is 13.7. The van der Waals surface area contributed by atoms with Gasteiger partial charge in [-0.3, -0.25) is 0 Å². The summed E-state index contributed by atoms with van der Waals surface area (Å²) in [6.45, 7) is 7.39. The SMILES string of the molecule is CC(C)CN(CCN(C)C)c1cc(Br)cc(C#N)c1. The maximum atomic E-state index is 9.07. The summed E-state index contributed by atoms with van der Waals surface area (Å²) in [6, 6.07) is 8.11. The summed E-state index contributed by atoms with van der Waals surface area (Å²) < 4.78 is 0.958. The number of hydrogen-bond acceptors (Lipinski definition) is 3. The minimum Gasteiger partial charge on any atom is -0.370 e. The summed E-state index contributed by atoms with van der Waals surface area (Å²) in [7, 11) is 4.16. The van der Waals surface area contributed by atoms with Gasteiger partial charge in [-0.05, 0) is 38.2 Å². The average Bonchev–Trinajstić information content (AvgIpc) is 2.32. The molecule has 0 spiro atoms. The molecule has 0 radical (unpaired) electrons. The van der Waals surface area contributed by atoms with Crippen LogP contribution in [-0.2, 0) is 0 Å². The first-order chi connectivity index (χ1) is 8.92. The molecule has 4 heteroatoms. The number of rotatable bonds is 6. The second kappa shape index (κ2) is 7.52. The van der Waals surface area contributed by atoms with Gasteiger partial charge in [0.2, 0.25) is 0 Å². The molecule has 1 aromatic rings. The van der Waals surface area contributed by atoms with Crippen LogP contribution >= 0.6 is 15.9 Å². The van der Waals surface area contributed by atoms with E-state index < -0.39 is 0 Å². The Balaban J connectivity index is 2.95. The molecule has 1 aromatic carbocycles. The Hall–Kier alpha value is -1.05. The Morgan fingerprint density at radius 3 is 2.42 bits per heavy atom. The summed E-state index contributed by atoms with van der Waals surface area (Å²) >= 11 is 3.48. The molecule has 0 aromatic heterocycles. The molecule has 0 unspecified atom stereocenters. The van der Waals surface area contributed by atoms with Crippen LogP contribution in [0.4, 0.5) is 5.69 Å². The molecule has 0 atom stereocenters. The highest BCUT2D eigenvalue weighted by Gasteiger charge is 2.11. The monoisotopic (exact) mass is 323 g/mol. The number of nitrogens with zero attached hydrogens (tertiary/aromatic N) is 3. The van der Waals surface area contributed by atoms with Crippen molar-refractivity contribution < 1.29 is 0 Å². The van der Waals surface area contributed by atoms with Gasteiger partial charge in [-0.15, -0.1) is 0 Å². The zero-order chi connectivity index (χ0) is 14.4. The predicted molar refractivity (Wildman–Crippen MR) is 84.5 cm³/mol. The second-order valence-electron chi connectivity index (χ2n) is 5.45. The Labute approximate surface area is 124 Å². The van der Waals surface area contributed by atoms with Crippen LogP contribution in [0.5, 0.6) is 0 Å². The molecular weight excluding hydrogens is 302 g/mol. The van der Waals surface area contributed by atoms with E-state index in [2.05, 4.69) is 65.8 Å². The molecule has 0 fully saturated rings. The van der Waals surface area contributed by atoms with Gasteiger partial charge in [-0.2, -0.15) is 5.26 Å². The van der Waals surface area contributed by atoms with E-state index in [4.69, 9.17) is 5.26 Å². The van der Waals surface area contributed by atoms with E-state index in [1.54, 1.807) is 0 Å². The van der Waals surface area contributed by atoms with Crippen molar-refractivity contribution in [1.82, 2.24) is 4.90 Å². The molecule has 0 aliphatic carbocycles. The van der Waals surface area contributed by atoms with Crippen LogP contribution in [0.25, 0.3) is 0 Å². The van der Waals surface area contributed by atoms with E-state index in [1.807, 2.05) is 12.1 Å². The normalized spacial score (nSPS) is 10.8. The first kappa shape index (κ1) is 16.0. The van der Waals surface area contributed by atoms with E-state index in [9.17, 15) is 0 Å². The number of hydrogen-bond donors (Lipinski definition) is 0. The Bertz CT molecular complexity index is 449. The van der Waals surface area contributed by atoms with E-state index in [0.717, 1.165) is 29.8 Å². The summed E-state index contributed by atoms with van der Waals surface area (Å²) in [4.78, 5) is 4.52. The molecule has 3 nitrogen and oxygen atoms in total. The summed E-state index contributed by atoms with van der Waals surface area (Å²) in [5.74, 6) is 0.590. The number of benzene rings is 1. The van der Waals surface area contributed by atoms with Crippen molar-refractivity contribution in [3.05, 3.63) is 28.2 Å². The Kier molecular flexibility index (Phi) is 6.33. The number of nitriles is 1. The fraction of sp³-hybridized carbons (Fsp3) is 0.533. The third-order valence-corrected chi connectivity index (χ3v) is 3.24. The zero-order valence-electron chi connectivity index (χ0n) is 12.2. The minimum absolute atomic E-state index is 0.590. The maximum Gasteiger partial charge on any atom is 0.0992 e. The standard InChI is InChI=1S/C15H22BrN3/c1-12(2)11-19(6-5-18(3)4)15-8-13(10-17)7-14(16)9-15/h7-9,12H,5-6,11H2,1-4H3. The van der Waals surface area contributed by atoms with Gasteiger partial charge in [-0.25, -0.2) is 0 Å². The van der Waals surface area contributed by atoms with Gasteiger partial charge in [0, 0.05) is 29.8 Å². The molecule has 0 saturated carbocycles. The smallest absolute Gasteiger partial charge is 0.0992 e.